The molecule has 1 saturated carbocycles. The molecule has 0 unspecified atom stereocenters. The predicted molar refractivity (Wildman–Crippen MR) is 91.6 cm³/mol. The van der Waals surface area contributed by atoms with Crippen LogP contribution in [-0.2, 0) is 4.79 Å². The molecule has 0 heterocycles. The predicted octanol–water partition coefficient (Wildman–Crippen LogP) is 4.37. The average molecular weight is 330 g/mol. The summed E-state index contributed by atoms with van der Waals surface area (Å²) in [6, 6.07) is 17.2. The van der Waals surface area contributed by atoms with Gasteiger partial charge in [0.25, 0.3) is 5.91 Å². The highest BCUT2D eigenvalue weighted by Crippen LogP contribution is 2.41. The normalized spacial score (nSPS) is 16.4. The van der Waals surface area contributed by atoms with Crippen LogP contribution in [0.1, 0.15) is 31.4 Å². The first-order chi connectivity index (χ1) is 11.1. The van der Waals surface area contributed by atoms with Crippen molar-refractivity contribution in [1.82, 2.24) is 5.32 Å². The van der Waals surface area contributed by atoms with Crippen LogP contribution in [0.15, 0.2) is 54.6 Å². The second-order valence-electron chi connectivity index (χ2n) is 5.95. The van der Waals surface area contributed by atoms with Crippen LogP contribution in [0, 0.1) is 5.92 Å². The Kier molecular flexibility index (Phi) is 4.87. The number of amides is 1. The van der Waals surface area contributed by atoms with Crippen molar-refractivity contribution in [3.8, 4) is 5.75 Å². The lowest BCUT2D eigenvalue weighted by Crippen LogP contribution is -2.39. The van der Waals surface area contributed by atoms with Crippen LogP contribution < -0.4 is 10.1 Å². The minimum Gasteiger partial charge on any atom is -0.481 e. The van der Waals surface area contributed by atoms with Crippen molar-refractivity contribution in [2.75, 3.05) is 0 Å². The standard InChI is InChI=1S/C19H20ClNO2/c1-13(23-17-11-9-16(20)10-12-17)19(22)21-18(15-7-8-15)14-5-3-2-4-6-14/h2-6,9-13,15,18H,7-8H2,1H3,(H,21,22)/t13-,18-/m0/s1. The second kappa shape index (κ2) is 7.05. The highest BCUT2D eigenvalue weighted by Gasteiger charge is 2.34. The zero-order chi connectivity index (χ0) is 16.2. The van der Waals surface area contributed by atoms with Crippen LogP contribution in [0.25, 0.3) is 0 Å². The molecule has 3 nitrogen and oxygen atoms in total. The summed E-state index contributed by atoms with van der Waals surface area (Å²) in [5.41, 5.74) is 1.15. The Bertz CT molecular complexity index is 653. The molecular formula is C19H20ClNO2. The SMILES string of the molecule is C[C@H](Oc1ccc(Cl)cc1)C(=O)N[C@@H](c1ccccc1)C1CC1. The highest BCUT2D eigenvalue weighted by atomic mass is 35.5. The van der Waals surface area contributed by atoms with Crippen LogP contribution >= 0.6 is 11.6 Å². The molecule has 0 aliphatic heterocycles. The summed E-state index contributed by atoms with van der Waals surface area (Å²) in [6.07, 6.45) is 1.76. The van der Waals surface area contributed by atoms with Crippen molar-refractivity contribution in [3.05, 3.63) is 65.2 Å². The van der Waals surface area contributed by atoms with Gasteiger partial charge in [-0.3, -0.25) is 4.79 Å². The number of hydrogen-bond donors (Lipinski definition) is 1. The number of rotatable bonds is 6. The Morgan fingerprint density at radius 1 is 1.13 bits per heavy atom. The lowest BCUT2D eigenvalue weighted by atomic mass is 10.0. The third kappa shape index (κ3) is 4.26. The van der Waals surface area contributed by atoms with E-state index in [0.29, 0.717) is 16.7 Å². The molecular weight excluding hydrogens is 310 g/mol. The van der Waals surface area contributed by atoms with E-state index >= 15 is 0 Å². The van der Waals surface area contributed by atoms with Gasteiger partial charge in [-0.25, -0.2) is 0 Å². The molecule has 120 valence electrons. The summed E-state index contributed by atoms with van der Waals surface area (Å²) in [7, 11) is 0. The average Bonchev–Trinajstić information content (AvgIpc) is 3.40. The van der Waals surface area contributed by atoms with Gasteiger partial charge >= 0.3 is 0 Å². The molecule has 1 N–H and O–H groups in total. The van der Waals surface area contributed by atoms with E-state index in [2.05, 4.69) is 17.4 Å². The first kappa shape index (κ1) is 15.9. The zero-order valence-electron chi connectivity index (χ0n) is 13.0. The molecule has 1 fully saturated rings. The fraction of sp³-hybridized carbons (Fsp3) is 0.316. The summed E-state index contributed by atoms with van der Waals surface area (Å²) in [5, 5.41) is 3.78. The second-order valence-corrected chi connectivity index (χ2v) is 6.38. The number of benzene rings is 2. The molecule has 0 saturated heterocycles. The Morgan fingerprint density at radius 2 is 1.78 bits per heavy atom. The van der Waals surface area contributed by atoms with Crippen LogP contribution in [0.3, 0.4) is 0 Å². The van der Waals surface area contributed by atoms with Gasteiger partial charge in [0.05, 0.1) is 6.04 Å². The third-order valence-corrected chi connectivity index (χ3v) is 4.30. The first-order valence-corrected chi connectivity index (χ1v) is 8.29. The molecule has 0 aromatic heterocycles. The molecule has 4 heteroatoms. The monoisotopic (exact) mass is 329 g/mol. The van der Waals surface area contributed by atoms with E-state index in [1.54, 1.807) is 31.2 Å². The Morgan fingerprint density at radius 3 is 2.39 bits per heavy atom. The van der Waals surface area contributed by atoms with Gasteiger partial charge in [-0.2, -0.15) is 0 Å². The molecule has 2 aromatic carbocycles. The maximum Gasteiger partial charge on any atom is 0.261 e. The van der Waals surface area contributed by atoms with Gasteiger partial charge in [0.1, 0.15) is 5.75 Å². The summed E-state index contributed by atoms with van der Waals surface area (Å²) in [6.45, 7) is 1.76. The third-order valence-electron chi connectivity index (χ3n) is 4.05. The number of carbonyl (C=O) groups is 1. The molecule has 23 heavy (non-hydrogen) atoms. The van der Waals surface area contributed by atoms with Crippen LogP contribution in [0.5, 0.6) is 5.75 Å². The minimum absolute atomic E-state index is 0.0694. The molecule has 0 bridgehead atoms. The van der Waals surface area contributed by atoms with Crippen molar-refractivity contribution >= 4 is 17.5 Å². The van der Waals surface area contributed by atoms with Crippen molar-refractivity contribution in [1.29, 1.82) is 0 Å². The highest BCUT2D eigenvalue weighted by molar-refractivity contribution is 6.30. The van der Waals surface area contributed by atoms with Crippen LogP contribution in [0.4, 0.5) is 0 Å². The van der Waals surface area contributed by atoms with E-state index in [9.17, 15) is 4.79 Å². The number of carbonyl (C=O) groups excluding carboxylic acids is 1. The van der Waals surface area contributed by atoms with Crippen molar-refractivity contribution < 1.29 is 9.53 Å². The Balaban J connectivity index is 1.63. The van der Waals surface area contributed by atoms with Gasteiger partial charge < -0.3 is 10.1 Å². The molecule has 1 aliphatic rings. The summed E-state index contributed by atoms with van der Waals surface area (Å²) in [5.74, 6) is 1.07. The van der Waals surface area contributed by atoms with Gasteiger partial charge in [-0.1, -0.05) is 41.9 Å². The van der Waals surface area contributed by atoms with Crippen LogP contribution in [0.2, 0.25) is 5.02 Å². The Labute approximate surface area is 141 Å². The van der Waals surface area contributed by atoms with Gasteiger partial charge in [0.2, 0.25) is 0 Å². The number of nitrogens with one attached hydrogen (secondary N) is 1. The smallest absolute Gasteiger partial charge is 0.261 e. The fourth-order valence-corrected chi connectivity index (χ4v) is 2.73. The maximum absolute atomic E-state index is 12.5. The number of halogens is 1. The summed E-state index contributed by atoms with van der Waals surface area (Å²) < 4.78 is 5.70. The summed E-state index contributed by atoms with van der Waals surface area (Å²) >= 11 is 5.85. The zero-order valence-corrected chi connectivity index (χ0v) is 13.8. The number of ether oxygens (including phenoxy) is 1. The van der Waals surface area contributed by atoms with E-state index in [1.165, 1.54) is 0 Å². The van der Waals surface area contributed by atoms with Crippen molar-refractivity contribution in [3.63, 3.8) is 0 Å². The van der Waals surface area contributed by atoms with Gasteiger partial charge in [-0.15, -0.1) is 0 Å². The molecule has 1 aliphatic carbocycles. The lowest BCUT2D eigenvalue weighted by molar-refractivity contribution is -0.128. The maximum atomic E-state index is 12.5. The van der Waals surface area contributed by atoms with E-state index < -0.39 is 6.10 Å². The van der Waals surface area contributed by atoms with Crippen molar-refractivity contribution in [2.24, 2.45) is 5.92 Å². The van der Waals surface area contributed by atoms with E-state index in [0.717, 1.165) is 18.4 Å². The fourth-order valence-electron chi connectivity index (χ4n) is 2.60. The first-order valence-electron chi connectivity index (χ1n) is 7.91. The van der Waals surface area contributed by atoms with E-state index in [1.807, 2.05) is 18.2 Å². The van der Waals surface area contributed by atoms with E-state index in [4.69, 9.17) is 16.3 Å². The quantitative estimate of drug-likeness (QED) is 0.854. The molecule has 0 spiro atoms. The van der Waals surface area contributed by atoms with Crippen molar-refractivity contribution in [2.45, 2.75) is 31.9 Å². The number of hydrogen-bond acceptors (Lipinski definition) is 2. The lowest BCUT2D eigenvalue weighted by Gasteiger charge is -2.22. The molecule has 0 radical (unpaired) electrons. The topological polar surface area (TPSA) is 38.3 Å². The van der Waals surface area contributed by atoms with E-state index in [-0.39, 0.29) is 11.9 Å². The van der Waals surface area contributed by atoms with Gasteiger partial charge in [-0.05, 0) is 55.5 Å². The van der Waals surface area contributed by atoms with Gasteiger partial charge in [0, 0.05) is 5.02 Å². The minimum atomic E-state index is -0.555. The summed E-state index contributed by atoms with van der Waals surface area (Å²) in [4.78, 5) is 12.5. The molecule has 1 amide bonds. The largest absolute Gasteiger partial charge is 0.481 e. The van der Waals surface area contributed by atoms with Crippen LogP contribution in [-0.4, -0.2) is 12.0 Å². The molecule has 2 aromatic rings. The van der Waals surface area contributed by atoms with Gasteiger partial charge in [0.15, 0.2) is 6.10 Å². The molecule has 3 rings (SSSR count). The Hall–Kier alpha value is -2.00. The molecule has 2 atom stereocenters.